The predicted molar refractivity (Wildman–Crippen MR) is 99.5 cm³/mol. The normalized spacial score (nSPS) is 10.2. The van der Waals surface area contributed by atoms with Crippen LogP contribution in [0, 0.1) is 12.7 Å². The summed E-state index contributed by atoms with van der Waals surface area (Å²) in [6.45, 7) is 2.22. The molecular weight excluding hydrogens is 375 g/mol. The fourth-order valence-corrected chi connectivity index (χ4v) is 2.49. The molecule has 0 aromatic heterocycles. The molecule has 2 aromatic carbocycles. The Labute approximate surface area is 161 Å². The maximum absolute atomic E-state index is 13.6. The summed E-state index contributed by atoms with van der Waals surface area (Å²) in [4.78, 5) is 23.7. The maximum atomic E-state index is 13.6. The third kappa shape index (κ3) is 6.14. The van der Waals surface area contributed by atoms with Crippen molar-refractivity contribution in [2.45, 2.75) is 19.8 Å². The quantitative estimate of drug-likeness (QED) is 0.557. The molecule has 8 heteroatoms. The Hall–Kier alpha value is -2.80. The van der Waals surface area contributed by atoms with Gasteiger partial charge in [-0.25, -0.2) is 4.39 Å². The van der Waals surface area contributed by atoms with Crippen LogP contribution in [0.4, 0.5) is 4.39 Å². The number of carbonyl (C=O) groups excluding carboxylic acids is 2. The van der Waals surface area contributed by atoms with Crippen LogP contribution in [0.15, 0.2) is 36.4 Å². The molecule has 0 aliphatic heterocycles. The highest BCUT2D eigenvalue weighted by Gasteiger charge is 2.11. The molecule has 0 atom stereocenters. The van der Waals surface area contributed by atoms with Gasteiger partial charge in [-0.3, -0.25) is 20.4 Å². The number of rotatable bonds is 7. The highest BCUT2D eigenvalue weighted by molar-refractivity contribution is 6.30. The summed E-state index contributed by atoms with van der Waals surface area (Å²) in [6, 6.07) is 9.05. The van der Waals surface area contributed by atoms with E-state index in [1.165, 1.54) is 19.2 Å². The van der Waals surface area contributed by atoms with E-state index in [0.717, 1.165) is 11.6 Å². The largest absolute Gasteiger partial charge is 0.494 e. The van der Waals surface area contributed by atoms with Gasteiger partial charge in [-0.05, 0) is 55.3 Å². The second-order valence-electron chi connectivity index (χ2n) is 5.71. The van der Waals surface area contributed by atoms with Crippen molar-refractivity contribution in [2.24, 2.45) is 0 Å². The molecule has 2 amide bonds. The third-order valence-corrected chi connectivity index (χ3v) is 3.91. The van der Waals surface area contributed by atoms with Gasteiger partial charge in [0, 0.05) is 17.0 Å². The van der Waals surface area contributed by atoms with Gasteiger partial charge in [0.25, 0.3) is 5.91 Å². The van der Waals surface area contributed by atoms with Gasteiger partial charge in [-0.1, -0.05) is 11.6 Å². The lowest BCUT2D eigenvalue weighted by molar-refractivity contribution is -0.122. The Balaban J connectivity index is 1.71. The topological polar surface area (TPSA) is 76.7 Å². The average molecular weight is 395 g/mol. The number of hydrazine groups is 1. The number of amides is 2. The summed E-state index contributed by atoms with van der Waals surface area (Å²) in [5, 5.41) is 0.631. The molecule has 0 heterocycles. The van der Waals surface area contributed by atoms with Gasteiger partial charge in [-0.2, -0.15) is 0 Å². The van der Waals surface area contributed by atoms with Crippen LogP contribution in [0.25, 0.3) is 0 Å². The summed E-state index contributed by atoms with van der Waals surface area (Å²) in [7, 11) is 1.33. The molecule has 0 fully saturated rings. The van der Waals surface area contributed by atoms with Gasteiger partial charge in [0.15, 0.2) is 11.6 Å². The molecule has 0 saturated carbocycles. The van der Waals surface area contributed by atoms with Crippen molar-refractivity contribution in [3.63, 3.8) is 0 Å². The maximum Gasteiger partial charge on any atom is 0.269 e. The van der Waals surface area contributed by atoms with E-state index in [-0.39, 0.29) is 23.6 Å². The van der Waals surface area contributed by atoms with Crippen molar-refractivity contribution in [3.05, 3.63) is 58.4 Å². The molecule has 0 unspecified atom stereocenters. The number of hydrogen-bond acceptors (Lipinski definition) is 4. The second kappa shape index (κ2) is 9.78. The molecule has 144 valence electrons. The van der Waals surface area contributed by atoms with Gasteiger partial charge >= 0.3 is 0 Å². The van der Waals surface area contributed by atoms with Crippen molar-refractivity contribution < 1.29 is 23.5 Å². The van der Waals surface area contributed by atoms with Crippen LogP contribution < -0.4 is 20.3 Å². The number of halogens is 2. The minimum atomic E-state index is -0.661. The van der Waals surface area contributed by atoms with Crippen LogP contribution in [0.3, 0.4) is 0 Å². The number of aryl methyl sites for hydroxylation is 1. The molecular formula is C19H20ClFN2O4. The number of ether oxygens (including phenoxy) is 2. The van der Waals surface area contributed by atoms with E-state index in [4.69, 9.17) is 21.1 Å². The zero-order chi connectivity index (χ0) is 19.8. The van der Waals surface area contributed by atoms with Gasteiger partial charge in [0.1, 0.15) is 5.75 Å². The Bertz CT molecular complexity index is 829. The smallest absolute Gasteiger partial charge is 0.269 e. The molecule has 27 heavy (non-hydrogen) atoms. The summed E-state index contributed by atoms with van der Waals surface area (Å²) >= 11 is 5.88. The zero-order valence-electron chi connectivity index (χ0n) is 15.0. The molecule has 0 spiro atoms. The van der Waals surface area contributed by atoms with Crippen LogP contribution >= 0.6 is 11.6 Å². The number of carbonyl (C=O) groups is 2. The molecule has 0 aliphatic rings. The van der Waals surface area contributed by atoms with Crippen molar-refractivity contribution in [1.29, 1.82) is 0 Å². The van der Waals surface area contributed by atoms with Crippen LogP contribution in [-0.4, -0.2) is 25.5 Å². The summed E-state index contributed by atoms with van der Waals surface area (Å²) < 4.78 is 24.0. The standard InChI is InChI=1S/C19H20ClFN2O4/c1-12-10-14(20)6-8-16(12)27-9-3-4-18(24)22-23-19(25)13-5-7-17(26-2)15(21)11-13/h5-8,10-11H,3-4,9H2,1-2H3,(H,22,24)(H,23,25). The van der Waals surface area contributed by atoms with Crippen molar-refractivity contribution in [1.82, 2.24) is 10.9 Å². The Morgan fingerprint density at radius 3 is 2.52 bits per heavy atom. The summed E-state index contributed by atoms with van der Waals surface area (Å²) in [5.74, 6) is -0.932. The first-order valence-electron chi connectivity index (χ1n) is 8.22. The van der Waals surface area contributed by atoms with Crippen LogP contribution in [0.2, 0.25) is 5.02 Å². The lowest BCUT2D eigenvalue weighted by Crippen LogP contribution is -2.41. The molecule has 6 nitrogen and oxygen atoms in total. The number of nitrogens with one attached hydrogen (secondary N) is 2. The molecule has 0 radical (unpaired) electrons. The minimum absolute atomic E-state index is 0.0338. The second-order valence-corrected chi connectivity index (χ2v) is 6.15. The van der Waals surface area contributed by atoms with E-state index < -0.39 is 11.7 Å². The van der Waals surface area contributed by atoms with Gasteiger partial charge in [-0.15, -0.1) is 0 Å². The number of benzene rings is 2. The Kier molecular flexibility index (Phi) is 7.43. The van der Waals surface area contributed by atoms with E-state index in [1.54, 1.807) is 18.2 Å². The van der Waals surface area contributed by atoms with Gasteiger partial charge in [0.2, 0.25) is 5.91 Å². The lowest BCUT2D eigenvalue weighted by atomic mass is 10.2. The van der Waals surface area contributed by atoms with Crippen LogP contribution in [0.1, 0.15) is 28.8 Å². The fraction of sp³-hybridized carbons (Fsp3) is 0.263. The third-order valence-electron chi connectivity index (χ3n) is 3.67. The van der Waals surface area contributed by atoms with Crippen molar-refractivity contribution >= 4 is 23.4 Å². The zero-order valence-corrected chi connectivity index (χ0v) is 15.7. The fourth-order valence-electron chi connectivity index (χ4n) is 2.26. The van der Waals surface area contributed by atoms with Crippen LogP contribution in [0.5, 0.6) is 11.5 Å². The average Bonchev–Trinajstić information content (AvgIpc) is 2.64. The first-order chi connectivity index (χ1) is 12.9. The highest BCUT2D eigenvalue weighted by Crippen LogP contribution is 2.22. The molecule has 2 N–H and O–H groups in total. The number of hydrogen-bond donors (Lipinski definition) is 2. The first-order valence-corrected chi connectivity index (χ1v) is 8.60. The predicted octanol–water partition coefficient (Wildman–Crippen LogP) is 3.42. The van der Waals surface area contributed by atoms with Gasteiger partial charge in [0.05, 0.1) is 13.7 Å². The van der Waals surface area contributed by atoms with E-state index in [2.05, 4.69) is 10.9 Å². The molecule has 0 saturated heterocycles. The van der Waals surface area contributed by atoms with E-state index in [0.29, 0.717) is 23.8 Å². The van der Waals surface area contributed by atoms with E-state index in [9.17, 15) is 14.0 Å². The van der Waals surface area contributed by atoms with E-state index >= 15 is 0 Å². The van der Waals surface area contributed by atoms with Gasteiger partial charge < -0.3 is 9.47 Å². The Morgan fingerprint density at radius 1 is 1.11 bits per heavy atom. The minimum Gasteiger partial charge on any atom is -0.494 e. The van der Waals surface area contributed by atoms with Crippen molar-refractivity contribution in [2.75, 3.05) is 13.7 Å². The molecule has 2 aromatic rings. The summed E-state index contributed by atoms with van der Waals surface area (Å²) in [6.07, 6.45) is 0.616. The van der Waals surface area contributed by atoms with E-state index in [1.807, 2.05) is 6.92 Å². The van der Waals surface area contributed by atoms with Crippen LogP contribution in [-0.2, 0) is 4.79 Å². The Morgan fingerprint density at radius 2 is 1.85 bits per heavy atom. The molecule has 2 rings (SSSR count). The van der Waals surface area contributed by atoms with Crippen molar-refractivity contribution in [3.8, 4) is 11.5 Å². The first kappa shape index (κ1) is 20.5. The number of methoxy groups -OCH3 is 1. The monoisotopic (exact) mass is 394 g/mol. The summed E-state index contributed by atoms with van der Waals surface area (Å²) in [5.41, 5.74) is 5.49. The molecule has 0 aliphatic carbocycles. The lowest BCUT2D eigenvalue weighted by Gasteiger charge is -2.10. The molecule has 0 bridgehead atoms. The SMILES string of the molecule is COc1ccc(C(=O)NNC(=O)CCCOc2ccc(Cl)cc2C)cc1F. The highest BCUT2D eigenvalue weighted by atomic mass is 35.5.